The normalized spacial score (nSPS) is 19.2. The molecule has 1 heterocycles. The van der Waals surface area contributed by atoms with Crippen LogP contribution < -0.4 is 5.73 Å². The molecule has 1 aliphatic rings. The number of aliphatic hydroxyl groups excluding tert-OH is 1. The molecule has 0 bridgehead atoms. The summed E-state index contributed by atoms with van der Waals surface area (Å²) in [5.74, 6) is 0.312. The molecule has 0 aromatic heterocycles. The van der Waals surface area contributed by atoms with E-state index in [9.17, 15) is 4.79 Å². The summed E-state index contributed by atoms with van der Waals surface area (Å²) in [6, 6.07) is 5.10. The fraction of sp³-hybridized carbons (Fsp3) is 0.462. The van der Waals surface area contributed by atoms with E-state index in [1.54, 1.807) is 23.1 Å². The summed E-state index contributed by atoms with van der Waals surface area (Å²) in [6.45, 7) is 1.57. The number of anilines is 1. The number of nitrogen functional groups attached to an aromatic ring is 1. The highest BCUT2D eigenvalue weighted by Gasteiger charge is 2.27. The number of carbonyl (C=O) groups is 1. The van der Waals surface area contributed by atoms with Gasteiger partial charge in [-0.3, -0.25) is 4.79 Å². The van der Waals surface area contributed by atoms with E-state index in [4.69, 9.17) is 22.4 Å². The lowest BCUT2D eigenvalue weighted by molar-refractivity contribution is 0.0785. The maximum absolute atomic E-state index is 12.3. The zero-order valence-electron chi connectivity index (χ0n) is 10.1. The Hall–Kier alpha value is -1.26. The highest BCUT2D eigenvalue weighted by atomic mass is 35.5. The van der Waals surface area contributed by atoms with Crippen LogP contribution in [0.1, 0.15) is 23.2 Å². The van der Waals surface area contributed by atoms with Crippen molar-refractivity contribution in [3.63, 3.8) is 0 Å². The van der Waals surface area contributed by atoms with Crippen LogP contribution in [0.2, 0.25) is 5.02 Å². The van der Waals surface area contributed by atoms with Crippen molar-refractivity contribution in [2.45, 2.75) is 12.8 Å². The van der Waals surface area contributed by atoms with Crippen molar-refractivity contribution in [3.8, 4) is 0 Å². The van der Waals surface area contributed by atoms with Gasteiger partial charge < -0.3 is 15.7 Å². The van der Waals surface area contributed by atoms with Gasteiger partial charge in [0.2, 0.25) is 0 Å². The Labute approximate surface area is 111 Å². The van der Waals surface area contributed by atoms with Crippen LogP contribution in [-0.2, 0) is 0 Å². The molecule has 4 nitrogen and oxygen atoms in total. The molecule has 1 aromatic carbocycles. The fourth-order valence-electron chi connectivity index (χ4n) is 2.32. The van der Waals surface area contributed by atoms with Crippen molar-refractivity contribution < 1.29 is 9.90 Å². The predicted octanol–water partition coefficient (Wildman–Crippen LogP) is 1.77. The Bertz CT molecular complexity index is 451. The Morgan fingerprint density at radius 2 is 2.33 bits per heavy atom. The van der Waals surface area contributed by atoms with Crippen LogP contribution in [0.5, 0.6) is 0 Å². The van der Waals surface area contributed by atoms with Crippen LogP contribution in [0.25, 0.3) is 0 Å². The molecular weight excluding hydrogens is 252 g/mol. The number of amides is 1. The summed E-state index contributed by atoms with van der Waals surface area (Å²) >= 11 is 6.05. The summed E-state index contributed by atoms with van der Waals surface area (Å²) < 4.78 is 0. The third kappa shape index (κ3) is 2.60. The van der Waals surface area contributed by atoms with Gasteiger partial charge >= 0.3 is 0 Å². The number of nitrogens with two attached hydrogens (primary N) is 1. The Kier molecular flexibility index (Phi) is 4.09. The second-order valence-electron chi connectivity index (χ2n) is 4.63. The summed E-state index contributed by atoms with van der Waals surface area (Å²) in [6.07, 6.45) is 1.68. The molecule has 98 valence electrons. The van der Waals surface area contributed by atoms with Gasteiger partial charge in [0, 0.05) is 19.7 Å². The van der Waals surface area contributed by atoms with E-state index in [2.05, 4.69) is 0 Å². The zero-order valence-corrected chi connectivity index (χ0v) is 10.9. The molecule has 0 spiro atoms. The van der Waals surface area contributed by atoms with Gasteiger partial charge in [0.15, 0.2) is 0 Å². The average molecular weight is 269 g/mol. The topological polar surface area (TPSA) is 66.6 Å². The van der Waals surface area contributed by atoms with Gasteiger partial charge in [-0.1, -0.05) is 17.7 Å². The number of hydrogen-bond acceptors (Lipinski definition) is 3. The van der Waals surface area contributed by atoms with Gasteiger partial charge in [-0.25, -0.2) is 0 Å². The van der Waals surface area contributed by atoms with Gasteiger partial charge in [-0.15, -0.1) is 0 Å². The molecule has 18 heavy (non-hydrogen) atoms. The number of nitrogens with zero attached hydrogens (tertiary/aromatic N) is 1. The highest BCUT2D eigenvalue weighted by Crippen LogP contribution is 2.27. The largest absolute Gasteiger partial charge is 0.398 e. The molecule has 1 fully saturated rings. The molecule has 2 rings (SSSR count). The van der Waals surface area contributed by atoms with Crippen molar-refractivity contribution in [1.29, 1.82) is 0 Å². The third-order valence-electron chi connectivity index (χ3n) is 3.37. The van der Waals surface area contributed by atoms with Crippen molar-refractivity contribution in [2.75, 3.05) is 25.4 Å². The van der Waals surface area contributed by atoms with Crippen LogP contribution in [0.3, 0.4) is 0 Å². The minimum absolute atomic E-state index is 0.0762. The SMILES string of the molecule is Nc1cccc(C(=O)N2CCC(CCO)C2)c1Cl. The maximum atomic E-state index is 12.3. The number of aliphatic hydroxyl groups is 1. The summed E-state index contributed by atoms with van der Waals surface area (Å²) in [5, 5.41) is 9.23. The molecule has 0 saturated carbocycles. The molecule has 1 amide bonds. The van der Waals surface area contributed by atoms with E-state index in [-0.39, 0.29) is 12.5 Å². The summed E-state index contributed by atoms with van der Waals surface area (Å²) in [7, 11) is 0. The van der Waals surface area contributed by atoms with Gasteiger partial charge in [0.25, 0.3) is 5.91 Å². The van der Waals surface area contributed by atoms with Gasteiger partial charge in [0.05, 0.1) is 16.3 Å². The molecule has 1 aliphatic heterocycles. The van der Waals surface area contributed by atoms with Crippen LogP contribution in [-0.4, -0.2) is 35.6 Å². The minimum Gasteiger partial charge on any atom is -0.398 e. The van der Waals surface area contributed by atoms with Crippen LogP contribution in [0.15, 0.2) is 18.2 Å². The zero-order chi connectivity index (χ0) is 13.1. The number of hydrogen-bond donors (Lipinski definition) is 2. The van der Waals surface area contributed by atoms with Gasteiger partial charge in [-0.2, -0.15) is 0 Å². The molecule has 5 heteroatoms. The minimum atomic E-state index is -0.0762. The number of benzene rings is 1. The summed E-state index contributed by atoms with van der Waals surface area (Å²) in [4.78, 5) is 14.1. The first-order valence-electron chi connectivity index (χ1n) is 6.07. The van der Waals surface area contributed by atoms with E-state index in [0.717, 1.165) is 12.8 Å². The van der Waals surface area contributed by atoms with E-state index in [1.165, 1.54) is 0 Å². The van der Waals surface area contributed by atoms with E-state index in [1.807, 2.05) is 0 Å². The standard InChI is InChI=1S/C13H17ClN2O2/c14-12-10(2-1-3-11(12)15)13(18)16-6-4-9(8-16)5-7-17/h1-3,9,17H,4-8,15H2. The van der Waals surface area contributed by atoms with Crippen LogP contribution in [0.4, 0.5) is 5.69 Å². The molecular formula is C13H17ClN2O2. The van der Waals surface area contributed by atoms with Crippen molar-refractivity contribution in [1.82, 2.24) is 4.90 Å². The second-order valence-corrected chi connectivity index (χ2v) is 5.00. The van der Waals surface area contributed by atoms with Crippen molar-refractivity contribution >= 4 is 23.2 Å². The smallest absolute Gasteiger partial charge is 0.255 e. The van der Waals surface area contributed by atoms with Gasteiger partial charge in [-0.05, 0) is 30.9 Å². The number of likely N-dealkylation sites (tertiary alicyclic amines) is 1. The molecule has 1 aromatic rings. The number of carbonyl (C=O) groups excluding carboxylic acids is 1. The molecule has 1 saturated heterocycles. The maximum Gasteiger partial charge on any atom is 0.255 e. The number of rotatable bonds is 3. The molecule has 0 radical (unpaired) electrons. The first kappa shape index (κ1) is 13.2. The van der Waals surface area contributed by atoms with Crippen molar-refractivity contribution in [3.05, 3.63) is 28.8 Å². The Morgan fingerprint density at radius 1 is 1.56 bits per heavy atom. The first-order chi connectivity index (χ1) is 8.63. The predicted molar refractivity (Wildman–Crippen MR) is 71.6 cm³/mol. The lowest BCUT2D eigenvalue weighted by Crippen LogP contribution is -2.29. The van der Waals surface area contributed by atoms with Crippen LogP contribution in [0, 0.1) is 5.92 Å². The average Bonchev–Trinajstić information content (AvgIpc) is 2.81. The lowest BCUT2D eigenvalue weighted by Gasteiger charge is -2.17. The molecule has 3 N–H and O–H groups in total. The second kappa shape index (κ2) is 5.59. The monoisotopic (exact) mass is 268 g/mol. The Balaban J connectivity index is 2.11. The summed E-state index contributed by atoms with van der Waals surface area (Å²) in [5.41, 5.74) is 6.58. The third-order valence-corrected chi connectivity index (χ3v) is 3.79. The lowest BCUT2D eigenvalue weighted by atomic mass is 10.1. The van der Waals surface area contributed by atoms with Gasteiger partial charge in [0.1, 0.15) is 0 Å². The highest BCUT2D eigenvalue weighted by molar-refractivity contribution is 6.36. The van der Waals surface area contributed by atoms with E-state index in [0.29, 0.717) is 35.3 Å². The molecule has 1 atom stereocenters. The van der Waals surface area contributed by atoms with E-state index < -0.39 is 0 Å². The molecule has 1 unspecified atom stereocenters. The first-order valence-corrected chi connectivity index (χ1v) is 6.45. The quantitative estimate of drug-likeness (QED) is 0.821. The fourth-order valence-corrected chi connectivity index (χ4v) is 2.53. The van der Waals surface area contributed by atoms with Crippen LogP contribution >= 0.6 is 11.6 Å². The van der Waals surface area contributed by atoms with E-state index >= 15 is 0 Å². The van der Waals surface area contributed by atoms with Crippen molar-refractivity contribution in [2.24, 2.45) is 5.92 Å². The molecule has 0 aliphatic carbocycles. The Morgan fingerprint density at radius 3 is 3.06 bits per heavy atom. The number of halogens is 1.